The molecule has 2 aromatic carbocycles. The lowest BCUT2D eigenvalue weighted by molar-refractivity contribution is -0.153. The van der Waals surface area contributed by atoms with E-state index in [0.29, 0.717) is 37.2 Å². The number of carbonyl (C=O) groups is 4. The van der Waals surface area contributed by atoms with Gasteiger partial charge in [0.15, 0.2) is 6.61 Å². The Bertz CT molecular complexity index is 1000. The Morgan fingerprint density at radius 3 is 2.34 bits per heavy atom. The summed E-state index contributed by atoms with van der Waals surface area (Å²) in [6, 6.07) is 11.7. The maximum absolute atomic E-state index is 13.0. The Balaban J connectivity index is 1.44. The summed E-state index contributed by atoms with van der Waals surface area (Å²) in [5, 5.41) is 2.16. The first-order valence-corrected chi connectivity index (χ1v) is 10.1. The van der Waals surface area contributed by atoms with Gasteiger partial charge in [-0.05, 0) is 49.2 Å². The van der Waals surface area contributed by atoms with Crippen molar-refractivity contribution in [3.8, 4) is 5.75 Å². The first-order valence-electron chi connectivity index (χ1n) is 10.1. The van der Waals surface area contributed by atoms with E-state index in [1.54, 1.807) is 23.1 Å². The third-order valence-corrected chi connectivity index (χ3v) is 5.16. The summed E-state index contributed by atoms with van der Waals surface area (Å²) in [6.07, 6.45) is 0.765. The van der Waals surface area contributed by atoms with Gasteiger partial charge >= 0.3 is 5.97 Å². The van der Waals surface area contributed by atoms with Gasteiger partial charge in [0.05, 0.1) is 18.6 Å². The summed E-state index contributed by atoms with van der Waals surface area (Å²) < 4.78 is 23.2. The second-order valence-electron chi connectivity index (χ2n) is 7.26. The highest BCUT2D eigenvalue weighted by Gasteiger charge is 2.29. The predicted octanol–water partition coefficient (Wildman–Crippen LogP) is 2.19. The van der Waals surface area contributed by atoms with Crippen LogP contribution in [0.15, 0.2) is 48.5 Å². The Morgan fingerprint density at radius 1 is 1.03 bits per heavy atom. The van der Waals surface area contributed by atoms with Crippen molar-refractivity contribution in [1.82, 2.24) is 10.2 Å². The number of halogens is 1. The molecular weight excluding hydrogens is 419 g/mol. The molecule has 32 heavy (non-hydrogen) atoms. The largest absolute Gasteiger partial charge is 0.496 e. The molecule has 1 heterocycles. The van der Waals surface area contributed by atoms with E-state index in [-0.39, 0.29) is 11.5 Å². The van der Waals surface area contributed by atoms with Crippen LogP contribution in [-0.4, -0.2) is 55.4 Å². The van der Waals surface area contributed by atoms with Crippen LogP contribution in [0.25, 0.3) is 0 Å². The fourth-order valence-electron chi connectivity index (χ4n) is 3.41. The average Bonchev–Trinajstić information content (AvgIpc) is 2.82. The Kier molecular flexibility index (Phi) is 7.54. The van der Waals surface area contributed by atoms with Crippen LogP contribution in [0.3, 0.4) is 0 Å². The third kappa shape index (κ3) is 5.69. The van der Waals surface area contributed by atoms with Crippen LogP contribution in [-0.2, 0) is 14.3 Å². The van der Waals surface area contributed by atoms with Crippen LogP contribution >= 0.6 is 0 Å². The van der Waals surface area contributed by atoms with Gasteiger partial charge in [-0.15, -0.1) is 0 Å². The molecule has 0 saturated carbocycles. The van der Waals surface area contributed by atoms with E-state index in [1.807, 2.05) is 0 Å². The topological polar surface area (TPSA) is 102 Å². The molecule has 0 atom stereocenters. The monoisotopic (exact) mass is 442 g/mol. The molecule has 9 heteroatoms. The molecule has 1 aliphatic rings. The van der Waals surface area contributed by atoms with Gasteiger partial charge in [0, 0.05) is 18.7 Å². The summed E-state index contributed by atoms with van der Waals surface area (Å²) in [5.74, 6) is -2.75. The number of para-hydroxylation sites is 1. The zero-order valence-corrected chi connectivity index (χ0v) is 17.5. The lowest BCUT2D eigenvalue weighted by Crippen LogP contribution is -2.41. The van der Waals surface area contributed by atoms with Gasteiger partial charge in [-0.1, -0.05) is 12.1 Å². The molecule has 0 aliphatic carbocycles. The molecular formula is C23H23FN2O6. The van der Waals surface area contributed by atoms with Gasteiger partial charge in [0.1, 0.15) is 11.6 Å². The van der Waals surface area contributed by atoms with Gasteiger partial charge in [0.2, 0.25) is 0 Å². The van der Waals surface area contributed by atoms with E-state index in [9.17, 15) is 23.6 Å². The summed E-state index contributed by atoms with van der Waals surface area (Å²) in [7, 11) is 1.41. The van der Waals surface area contributed by atoms with Gasteiger partial charge in [-0.25, -0.2) is 4.39 Å². The number of esters is 1. The third-order valence-electron chi connectivity index (χ3n) is 5.16. The number of hydrogen-bond acceptors (Lipinski definition) is 6. The highest BCUT2D eigenvalue weighted by molar-refractivity contribution is 6.06. The zero-order valence-electron chi connectivity index (χ0n) is 17.5. The van der Waals surface area contributed by atoms with Gasteiger partial charge in [-0.2, -0.15) is 0 Å². The quantitative estimate of drug-likeness (QED) is 0.688. The van der Waals surface area contributed by atoms with E-state index in [4.69, 9.17) is 9.47 Å². The van der Waals surface area contributed by atoms with Crippen molar-refractivity contribution in [2.45, 2.75) is 12.8 Å². The number of ether oxygens (including phenoxy) is 2. The number of methoxy groups -OCH3 is 1. The van der Waals surface area contributed by atoms with Crippen LogP contribution in [0.2, 0.25) is 0 Å². The minimum atomic E-state index is -0.752. The summed E-state index contributed by atoms with van der Waals surface area (Å²) in [4.78, 5) is 50.6. The van der Waals surface area contributed by atoms with Crippen LogP contribution in [0.5, 0.6) is 5.75 Å². The molecule has 8 nitrogen and oxygen atoms in total. The number of likely N-dealkylation sites (tertiary alicyclic amines) is 1. The highest BCUT2D eigenvalue weighted by atomic mass is 19.1. The lowest BCUT2D eigenvalue weighted by atomic mass is 9.96. The fraction of sp³-hybridized carbons (Fsp3) is 0.304. The molecule has 2 aromatic rings. The van der Waals surface area contributed by atoms with E-state index >= 15 is 0 Å². The molecule has 3 amide bonds. The fourth-order valence-corrected chi connectivity index (χ4v) is 3.41. The highest BCUT2D eigenvalue weighted by Crippen LogP contribution is 2.21. The molecule has 3 rings (SSSR count). The number of carbonyl (C=O) groups excluding carboxylic acids is 4. The second kappa shape index (κ2) is 10.5. The molecule has 1 aliphatic heterocycles. The van der Waals surface area contributed by atoms with Gasteiger partial charge < -0.3 is 14.4 Å². The van der Waals surface area contributed by atoms with E-state index in [0.717, 1.165) is 0 Å². The Labute approximate surface area is 184 Å². The first-order chi connectivity index (χ1) is 15.4. The molecule has 0 radical (unpaired) electrons. The van der Waals surface area contributed by atoms with Gasteiger partial charge in [0.25, 0.3) is 17.7 Å². The minimum Gasteiger partial charge on any atom is -0.496 e. The number of benzene rings is 2. The SMILES string of the molecule is COc1ccccc1C(=O)NC(=O)COC(=O)C1CCN(C(=O)c2ccc(F)cc2)CC1. The smallest absolute Gasteiger partial charge is 0.309 e. The Hall–Kier alpha value is -3.75. The van der Waals surface area contributed by atoms with Crippen molar-refractivity contribution < 1.29 is 33.0 Å². The Morgan fingerprint density at radius 2 is 1.69 bits per heavy atom. The number of hydrogen-bond donors (Lipinski definition) is 1. The average molecular weight is 442 g/mol. The van der Waals surface area contributed by atoms with Crippen LogP contribution < -0.4 is 10.1 Å². The van der Waals surface area contributed by atoms with E-state index < -0.39 is 36.1 Å². The van der Waals surface area contributed by atoms with Crippen molar-refractivity contribution in [2.75, 3.05) is 26.8 Å². The van der Waals surface area contributed by atoms with Crippen molar-refractivity contribution in [1.29, 1.82) is 0 Å². The number of nitrogens with one attached hydrogen (secondary N) is 1. The van der Waals surface area contributed by atoms with Gasteiger partial charge in [-0.3, -0.25) is 24.5 Å². The normalized spacial score (nSPS) is 13.9. The van der Waals surface area contributed by atoms with Crippen LogP contribution in [0.1, 0.15) is 33.6 Å². The van der Waals surface area contributed by atoms with E-state index in [1.165, 1.54) is 37.4 Å². The number of nitrogens with zero attached hydrogens (tertiary/aromatic N) is 1. The molecule has 0 unspecified atom stereocenters. The number of piperidine rings is 1. The molecule has 0 spiro atoms. The molecule has 0 aromatic heterocycles. The standard InChI is InChI=1S/C23H23FN2O6/c1-31-19-5-3-2-4-18(19)21(28)25-20(27)14-32-23(30)16-10-12-26(13-11-16)22(29)15-6-8-17(24)9-7-15/h2-9,16H,10-14H2,1H3,(H,25,27,28). The van der Waals surface area contributed by atoms with Crippen molar-refractivity contribution in [3.05, 3.63) is 65.5 Å². The van der Waals surface area contributed by atoms with Crippen LogP contribution in [0, 0.1) is 11.7 Å². The number of rotatable bonds is 6. The first kappa shape index (κ1) is 22.9. The number of amides is 3. The summed E-state index contributed by atoms with van der Waals surface area (Å²) in [6.45, 7) is 0.0946. The maximum atomic E-state index is 13.0. The number of imide groups is 1. The second-order valence-corrected chi connectivity index (χ2v) is 7.26. The molecule has 1 saturated heterocycles. The van der Waals surface area contributed by atoms with Crippen molar-refractivity contribution in [3.63, 3.8) is 0 Å². The van der Waals surface area contributed by atoms with Crippen molar-refractivity contribution >= 4 is 23.7 Å². The molecule has 1 N–H and O–H groups in total. The van der Waals surface area contributed by atoms with Crippen molar-refractivity contribution in [2.24, 2.45) is 5.92 Å². The summed E-state index contributed by atoms with van der Waals surface area (Å²) in [5.41, 5.74) is 0.566. The lowest BCUT2D eigenvalue weighted by Gasteiger charge is -2.31. The minimum absolute atomic E-state index is 0.188. The van der Waals surface area contributed by atoms with E-state index in [2.05, 4.69) is 5.32 Å². The zero-order chi connectivity index (χ0) is 23.1. The molecule has 168 valence electrons. The maximum Gasteiger partial charge on any atom is 0.309 e. The summed E-state index contributed by atoms with van der Waals surface area (Å²) >= 11 is 0. The van der Waals surface area contributed by atoms with Crippen LogP contribution in [0.4, 0.5) is 4.39 Å². The predicted molar refractivity (Wildman–Crippen MR) is 111 cm³/mol. The molecule has 0 bridgehead atoms. The molecule has 1 fully saturated rings.